The van der Waals surface area contributed by atoms with E-state index in [1.54, 1.807) is 0 Å². The molecule has 0 aromatic heterocycles. The number of likely N-dealkylation sites (N-methyl/N-ethyl adjacent to an activating group) is 2. The van der Waals surface area contributed by atoms with Gasteiger partial charge in [-0.1, -0.05) is 64.1 Å². The minimum atomic E-state index is 0.0248. The predicted octanol–water partition coefficient (Wildman–Crippen LogP) is 5.09. The molecule has 0 saturated carbocycles. The van der Waals surface area contributed by atoms with Crippen molar-refractivity contribution in [1.82, 2.24) is 0 Å². The lowest BCUT2D eigenvalue weighted by molar-refractivity contribution is 0.480. The van der Waals surface area contributed by atoms with Crippen LogP contribution in [0.15, 0.2) is 60.3 Å². The van der Waals surface area contributed by atoms with Crippen LogP contribution in [0.2, 0.25) is 0 Å². The zero-order chi connectivity index (χ0) is 18.0. The minimum Gasteiger partial charge on any atom is -0.367 e. The van der Waals surface area contributed by atoms with Crippen LogP contribution >= 0.6 is 0 Å². The molecule has 0 bridgehead atoms. The fourth-order valence-corrected chi connectivity index (χ4v) is 4.89. The first-order valence-electron chi connectivity index (χ1n) is 9.14. The maximum atomic E-state index is 2.50. The second-order valence-electron chi connectivity index (χ2n) is 8.55. The Hall–Kier alpha value is -2.22. The number of para-hydroxylation sites is 2. The molecule has 0 saturated heterocycles. The van der Waals surface area contributed by atoms with Crippen molar-refractivity contribution in [3.05, 3.63) is 71.4 Å². The highest BCUT2D eigenvalue weighted by Gasteiger charge is 2.45. The number of fused-ring (bicyclic) bond motifs is 2. The first-order valence-corrected chi connectivity index (χ1v) is 9.14. The van der Waals surface area contributed by atoms with E-state index in [4.69, 9.17) is 0 Å². The highest BCUT2D eigenvalue weighted by Crippen LogP contribution is 2.50. The molecule has 2 heterocycles. The second kappa shape index (κ2) is 5.14. The molecule has 25 heavy (non-hydrogen) atoms. The SMILES string of the molecule is CN1C(=CC2N(C)c3ccccc3C2(C)C)C(C)(C)c2ccccc21. The summed E-state index contributed by atoms with van der Waals surface area (Å²) in [4.78, 5) is 4.82. The number of allylic oxidation sites excluding steroid dienone is 1. The lowest BCUT2D eigenvalue weighted by Crippen LogP contribution is -2.39. The molecule has 0 fully saturated rings. The number of benzene rings is 2. The number of nitrogens with zero attached hydrogens (tertiary/aromatic N) is 2. The summed E-state index contributed by atoms with van der Waals surface area (Å²) in [6.45, 7) is 9.42. The van der Waals surface area contributed by atoms with E-state index in [0.29, 0.717) is 6.04 Å². The van der Waals surface area contributed by atoms with E-state index in [-0.39, 0.29) is 10.8 Å². The summed E-state index contributed by atoms with van der Waals surface area (Å²) in [5, 5.41) is 0. The van der Waals surface area contributed by atoms with E-state index in [1.165, 1.54) is 28.2 Å². The summed E-state index contributed by atoms with van der Waals surface area (Å²) in [7, 11) is 4.43. The number of anilines is 2. The Balaban J connectivity index is 1.83. The van der Waals surface area contributed by atoms with Crippen LogP contribution in [-0.2, 0) is 10.8 Å². The van der Waals surface area contributed by atoms with E-state index in [1.807, 2.05) is 0 Å². The molecular formula is C23H28N2. The molecule has 2 aliphatic rings. The van der Waals surface area contributed by atoms with Crippen molar-refractivity contribution in [3.8, 4) is 0 Å². The third-order valence-electron chi connectivity index (χ3n) is 6.39. The fraction of sp³-hybridized carbons (Fsp3) is 0.391. The van der Waals surface area contributed by atoms with Gasteiger partial charge in [-0.05, 0) is 29.3 Å². The molecule has 1 atom stereocenters. The molecule has 0 aliphatic carbocycles. The molecular weight excluding hydrogens is 304 g/mol. The van der Waals surface area contributed by atoms with Gasteiger partial charge < -0.3 is 9.80 Å². The molecule has 0 amide bonds. The fourth-order valence-electron chi connectivity index (χ4n) is 4.89. The quantitative estimate of drug-likeness (QED) is 0.717. The van der Waals surface area contributed by atoms with Crippen LogP contribution < -0.4 is 9.80 Å². The van der Waals surface area contributed by atoms with Gasteiger partial charge in [0.05, 0.1) is 6.04 Å². The smallest absolute Gasteiger partial charge is 0.0582 e. The van der Waals surface area contributed by atoms with Crippen molar-refractivity contribution < 1.29 is 0 Å². The maximum absolute atomic E-state index is 2.50. The molecule has 2 nitrogen and oxygen atoms in total. The van der Waals surface area contributed by atoms with Crippen molar-refractivity contribution in [3.63, 3.8) is 0 Å². The second-order valence-corrected chi connectivity index (χ2v) is 8.55. The summed E-state index contributed by atoms with van der Waals surface area (Å²) in [5.74, 6) is 0. The predicted molar refractivity (Wildman–Crippen MR) is 108 cm³/mol. The first-order chi connectivity index (χ1) is 11.8. The van der Waals surface area contributed by atoms with Crippen molar-refractivity contribution in [2.45, 2.75) is 44.6 Å². The lowest BCUT2D eigenvalue weighted by atomic mass is 9.77. The van der Waals surface area contributed by atoms with Gasteiger partial charge in [0.15, 0.2) is 0 Å². The van der Waals surface area contributed by atoms with E-state index in [2.05, 4.69) is 106 Å². The van der Waals surface area contributed by atoms with Crippen LogP contribution in [0.25, 0.3) is 0 Å². The topological polar surface area (TPSA) is 6.48 Å². The molecule has 2 aliphatic heterocycles. The normalized spacial score (nSPS) is 24.6. The van der Waals surface area contributed by atoms with E-state index >= 15 is 0 Å². The Bertz CT molecular complexity index is 860. The minimum absolute atomic E-state index is 0.0248. The van der Waals surface area contributed by atoms with E-state index in [0.717, 1.165) is 0 Å². The highest BCUT2D eigenvalue weighted by molar-refractivity contribution is 5.71. The third kappa shape index (κ3) is 2.09. The molecule has 2 aromatic carbocycles. The van der Waals surface area contributed by atoms with Crippen LogP contribution in [0.5, 0.6) is 0 Å². The molecule has 2 heteroatoms. The van der Waals surface area contributed by atoms with Crippen molar-refractivity contribution in [1.29, 1.82) is 0 Å². The van der Waals surface area contributed by atoms with Crippen molar-refractivity contribution in [2.75, 3.05) is 23.9 Å². The highest BCUT2D eigenvalue weighted by atomic mass is 15.2. The number of hydrogen-bond acceptors (Lipinski definition) is 2. The number of rotatable bonds is 1. The van der Waals surface area contributed by atoms with Gasteiger partial charge in [0.1, 0.15) is 0 Å². The van der Waals surface area contributed by atoms with E-state index < -0.39 is 0 Å². The Morgan fingerprint density at radius 3 is 1.96 bits per heavy atom. The molecule has 2 aromatic rings. The largest absolute Gasteiger partial charge is 0.367 e. The van der Waals surface area contributed by atoms with Gasteiger partial charge >= 0.3 is 0 Å². The summed E-state index contributed by atoms with van der Waals surface area (Å²) in [6.07, 6.45) is 2.50. The average Bonchev–Trinajstić information content (AvgIpc) is 2.90. The van der Waals surface area contributed by atoms with Crippen molar-refractivity contribution >= 4 is 11.4 Å². The summed E-state index contributed by atoms with van der Waals surface area (Å²) in [5.41, 5.74) is 7.04. The Morgan fingerprint density at radius 2 is 1.36 bits per heavy atom. The van der Waals surface area contributed by atoms with Crippen LogP contribution in [-0.4, -0.2) is 20.1 Å². The Labute approximate surface area is 151 Å². The molecule has 1 unspecified atom stereocenters. The van der Waals surface area contributed by atoms with Crippen LogP contribution in [0.3, 0.4) is 0 Å². The standard InChI is InChI=1S/C23H28N2/c1-22(2)16-11-7-9-13-18(16)24(5)20(22)15-21-23(3,4)17-12-8-10-14-19(17)25(21)6/h7-15,20H,1-6H3. The number of hydrogen-bond donors (Lipinski definition) is 0. The molecule has 0 N–H and O–H groups in total. The van der Waals surface area contributed by atoms with Crippen LogP contribution in [0.1, 0.15) is 38.8 Å². The zero-order valence-corrected chi connectivity index (χ0v) is 16.2. The van der Waals surface area contributed by atoms with Crippen molar-refractivity contribution in [2.24, 2.45) is 0 Å². The van der Waals surface area contributed by atoms with Gasteiger partial charge in [-0.15, -0.1) is 0 Å². The van der Waals surface area contributed by atoms with E-state index in [9.17, 15) is 0 Å². The van der Waals surface area contributed by atoms with Gasteiger partial charge in [-0.2, -0.15) is 0 Å². The van der Waals surface area contributed by atoms with Crippen LogP contribution in [0.4, 0.5) is 11.4 Å². The Kier molecular flexibility index (Phi) is 3.34. The van der Waals surface area contributed by atoms with Crippen LogP contribution in [0, 0.1) is 0 Å². The third-order valence-corrected chi connectivity index (χ3v) is 6.39. The molecule has 0 radical (unpaired) electrons. The van der Waals surface area contributed by atoms with Gasteiger partial charge in [0, 0.05) is 42.0 Å². The van der Waals surface area contributed by atoms with Gasteiger partial charge in [-0.25, -0.2) is 0 Å². The molecule has 0 spiro atoms. The molecule has 4 rings (SSSR count). The van der Waals surface area contributed by atoms with Gasteiger partial charge in [0.2, 0.25) is 0 Å². The summed E-state index contributed by atoms with van der Waals surface area (Å²) < 4.78 is 0. The monoisotopic (exact) mass is 332 g/mol. The van der Waals surface area contributed by atoms with Gasteiger partial charge in [0.25, 0.3) is 0 Å². The first kappa shape index (κ1) is 16.3. The Morgan fingerprint density at radius 1 is 0.800 bits per heavy atom. The lowest BCUT2D eigenvalue weighted by Gasteiger charge is -2.33. The summed E-state index contributed by atoms with van der Waals surface area (Å²) in [6, 6.07) is 18.0. The maximum Gasteiger partial charge on any atom is 0.0582 e. The average molecular weight is 332 g/mol. The zero-order valence-electron chi connectivity index (χ0n) is 16.2. The molecule has 130 valence electrons. The van der Waals surface area contributed by atoms with Gasteiger partial charge in [-0.3, -0.25) is 0 Å². The summed E-state index contributed by atoms with van der Waals surface area (Å²) >= 11 is 0.